The Bertz CT molecular complexity index is 363. The number of hydrogen-bond acceptors (Lipinski definition) is 3. The van der Waals surface area contributed by atoms with E-state index in [1.54, 1.807) is 0 Å². The molecule has 3 nitrogen and oxygen atoms in total. The molecular weight excluding hydrogens is 234 g/mol. The number of rotatable bonds is 2. The molecule has 3 rings (SSSR count). The summed E-state index contributed by atoms with van der Waals surface area (Å²) in [5.41, 5.74) is 1.45. The maximum Gasteiger partial charge on any atom is 0.0234 e. The first-order valence-corrected chi connectivity index (χ1v) is 7.63. The molecule has 0 bridgehead atoms. The van der Waals surface area contributed by atoms with E-state index in [-0.39, 0.29) is 0 Å². The summed E-state index contributed by atoms with van der Waals surface area (Å²) in [5.74, 6) is 0. The first-order valence-electron chi connectivity index (χ1n) is 7.63. The molecule has 0 aliphatic carbocycles. The van der Waals surface area contributed by atoms with Crippen molar-refractivity contribution in [2.45, 2.75) is 25.4 Å². The van der Waals surface area contributed by atoms with Crippen molar-refractivity contribution in [3.05, 3.63) is 35.9 Å². The second-order valence-electron chi connectivity index (χ2n) is 5.78. The highest BCUT2D eigenvalue weighted by molar-refractivity contribution is 5.14. The molecule has 1 aromatic carbocycles. The van der Waals surface area contributed by atoms with Gasteiger partial charge in [-0.05, 0) is 24.9 Å². The molecule has 1 aromatic rings. The van der Waals surface area contributed by atoms with E-state index in [1.807, 2.05) is 0 Å². The number of nitrogens with one attached hydrogen (secondary N) is 1. The number of hydrogen-bond donors (Lipinski definition) is 1. The molecule has 1 atom stereocenters. The summed E-state index contributed by atoms with van der Waals surface area (Å²) in [6, 6.07) is 11.7. The van der Waals surface area contributed by atoms with Crippen molar-refractivity contribution in [1.82, 2.24) is 15.1 Å². The zero-order valence-electron chi connectivity index (χ0n) is 11.7. The van der Waals surface area contributed by atoms with E-state index in [2.05, 4.69) is 45.4 Å². The van der Waals surface area contributed by atoms with Crippen LogP contribution in [0.15, 0.2) is 30.3 Å². The van der Waals surface area contributed by atoms with Crippen molar-refractivity contribution >= 4 is 0 Å². The molecule has 0 aromatic heterocycles. The van der Waals surface area contributed by atoms with Crippen LogP contribution < -0.4 is 5.32 Å². The molecule has 3 heteroatoms. The van der Waals surface area contributed by atoms with Crippen molar-refractivity contribution in [2.24, 2.45) is 0 Å². The molecular formula is C16H25N3. The molecule has 2 aliphatic heterocycles. The summed E-state index contributed by atoms with van der Waals surface area (Å²) in [6.45, 7) is 8.39. The minimum absolute atomic E-state index is 0.802. The Kier molecular flexibility index (Phi) is 4.49. The highest BCUT2D eigenvalue weighted by atomic mass is 15.2. The second-order valence-corrected chi connectivity index (χ2v) is 5.78. The molecule has 104 valence electrons. The zero-order chi connectivity index (χ0) is 12.9. The fourth-order valence-electron chi connectivity index (χ4n) is 3.32. The van der Waals surface area contributed by atoms with E-state index in [4.69, 9.17) is 0 Å². The Hall–Kier alpha value is -0.900. The standard InChI is InChI=1S/C16H25N3/c1-2-4-15(5-3-1)14-18-10-7-16-6-8-17-9-11-19(16)13-12-18/h1-5,16-17H,6-14H2. The molecule has 0 radical (unpaired) electrons. The van der Waals surface area contributed by atoms with Crippen LogP contribution in [0.3, 0.4) is 0 Å². The average molecular weight is 259 g/mol. The minimum atomic E-state index is 0.802. The average Bonchev–Trinajstić information content (AvgIpc) is 2.77. The van der Waals surface area contributed by atoms with Gasteiger partial charge in [0.1, 0.15) is 0 Å². The highest BCUT2D eigenvalue weighted by Crippen LogP contribution is 2.16. The largest absolute Gasteiger partial charge is 0.315 e. The fourth-order valence-corrected chi connectivity index (χ4v) is 3.32. The molecule has 2 aliphatic rings. The predicted octanol–water partition coefficient (Wildman–Crippen LogP) is 1.56. The van der Waals surface area contributed by atoms with Gasteiger partial charge in [-0.25, -0.2) is 0 Å². The van der Waals surface area contributed by atoms with Crippen molar-refractivity contribution < 1.29 is 0 Å². The van der Waals surface area contributed by atoms with Gasteiger partial charge in [-0.1, -0.05) is 30.3 Å². The smallest absolute Gasteiger partial charge is 0.0234 e. The van der Waals surface area contributed by atoms with E-state index in [9.17, 15) is 0 Å². The van der Waals surface area contributed by atoms with Crippen molar-refractivity contribution in [1.29, 1.82) is 0 Å². The summed E-state index contributed by atoms with van der Waals surface area (Å²) in [7, 11) is 0. The van der Waals surface area contributed by atoms with Gasteiger partial charge in [0.25, 0.3) is 0 Å². The van der Waals surface area contributed by atoms with Crippen LogP contribution in [0.4, 0.5) is 0 Å². The Morgan fingerprint density at radius 2 is 1.84 bits per heavy atom. The molecule has 0 amide bonds. The quantitative estimate of drug-likeness (QED) is 0.869. The Morgan fingerprint density at radius 3 is 2.74 bits per heavy atom. The molecule has 1 N–H and O–H groups in total. The minimum Gasteiger partial charge on any atom is -0.315 e. The Labute approximate surface area is 116 Å². The van der Waals surface area contributed by atoms with Crippen molar-refractivity contribution in [3.63, 3.8) is 0 Å². The van der Waals surface area contributed by atoms with Gasteiger partial charge in [-0.2, -0.15) is 0 Å². The lowest BCUT2D eigenvalue weighted by Gasteiger charge is -2.26. The van der Waals surface area contributed by atoms with Gasteiger partial charge in [0, 0.05) is 45.3 Å². The summed E-state index contributed by atoms with van der Waals surface area (Å²) in [5, 5.41) is 3.52. The Morgan fingerprint density at radius 1 is 0.947 bits per heavy atom. The van der Waals surface area contributed by atoms with Gasteiger partial charge >= 0.3 is 0 Å². The first kappa shape index (κ1) is 13.1. The summed E-state index contributed by atoms with van der Waals surface area (Å²) < 4.78 is 0. The predicted molar refractivity (Wildman–Crippen MR) is 79.2 cm³/mol. The van der Waals surface area contributed by atoms with Crippen LogP contribution in [0.5, 0.6) is 0 Å². The molecule has 2 fully saturated rings. The Balaban J connectivity index is 1.58. The van der Waals surface area contributed by atoms with E-state index >= 15 is 0 Å². The SMILES string of the molecule is c1ccc(CN2CCC3CCNCCN3CC2)cc1. The van der Waals surface area contributed by atoms with Gasteiger partial charge < -0.3 is 5.32 Å². The maximum absolute atomic E-state index is 3.52. The topological polar surface area (TPSA) is 18.5 Å². The van der Waals surface area contributed by atoms with Gasteiger partial charge in [-0.3, -0.25) is 9.80 Å². The van der Waals surface area contributed by atoms with Crippen LogP contribution in [0.2, 0.25) is 0 Å². The summed E-state index contributed by atoms with van der Waals surface area (Å²) in [4.78, 5) is 5.32. The van der Waals surface area contributed by atoms with Crippen LogP contribution in [0, 0.1) is 0 Å². The third-order valence-corrected chi connectivity index (χ3v) is 4.48. The first-order chi connectivity index (χ1) is 9.42. The highest BCUT2D eigenvalue weighted by Gasteiger charge is 2.24. The van der Waals surface area contributed by atoms with Gasteiger partial charge in [0.15, 0.2) is 0 Å². The van der Waals surface area contributed by atoms with Crippen molar-refractivity contribution in [3.8, 4) is 0 Å². The molecule has 2 heterocycles. The fraction of sp³-hybridized carbons (Fsp3) is 0.625. The molecule has 0 saturated carbocycles. The third kappa shape index (κ3) is 3.56. The van der Waals surface area contributed by atoms with Gasteiger partial charge in [0.05, 0.1) is 0 Å². The normalized spacial score (nSPS) is 26.4. The van der Waals surface area contributed by atoms with Crippen LogP contribution in [0.25, 0.3) is 0 Å². The van der Waals surface area contributed by atoms with E-state index in [1.165, 1.54) is 51.1 Å². The van der Waals surface area contributed by atoms with Gasteiger partial charge in [0.2, 0.25) is 0 Å². The lowest BCUT2D eigenvalue weighted by molar-refractivity contribution is 0.212. The zero-order valence-corrected chi connectivity index (χ0v) is 11.7. The molecule has 19 heavy (non-hydrogen) atoms. The number of benzene rings is 1. The summed E-state index contributed by atoms with van der Waals surface area (Å²) in [6.07, 6.45) is 2.65. The monoisotopic (exact) mass is 259 g/mol. The van der Waals surface area contributed by atoms with Crippen LogP contribution >= 0.6 is 0 Å². The van der Waals surface area contributed by atoms with E-state index in [0.717, 1.165) is 19.1 Å². The molecule has 2 saturated heterocycles. The van der Waals surface area contributed by atoms with Gasteiger partial charge in [-0.15, -0.1) is 0 Å². The van der Waals surface area contributed by atoms with Crippen LogP contribution in [-0.4, -0.2) is 55.1 Å². The maximum atomic E-state index is 3.52. The number of nitrogens with zero attached hydrogens (tertiary/aromatic N) is 2. The lowest BCUT2D eigenvalue weighted by atomic mass is 10.1. The third-order valence-electron chi connectivity index (χ3n) is 4.48. The van der Waals surface area contributed by atoms with E-state index < -0.39 is 0 Å². The lowest BCUT2D eigenvalue weighted by Crippen LogP contribution is -2.37. The summed E-state index contributed by atoms with van der Waals surface area (Å²) >= 11 is 0. The molecule has 1 unspecified atom stereocenters. The van der Waals surface area contributed by atoms with Crippen LogP contribution in [-0.2, 0) is 6.54 Å². The second kappa shape index (κ2) is 6.51. The van der Waals surface area contributed by atoms with Crippen molar-refractivity contribution in [2.75, 3.05) is 39.3 Å². The van der Waals surface area contributed by atoms with E-state index in [0.29, 0.717) is 0 Å². The van der Waals surface area contributed by atoms with Crippen LogP contribution in [0.1, 0.15) is 18.4 Å². The molecule has 0 spiro atoms. The number of fused-ring (bicyclic) bond motifs is 1.